The quantitative estimate of drug-likeness (QED) is 0.680. The lowest BCUT2D eigenvalue weighted by Crippen LogP contribution is -2.42. The van der Waals surface area contributed by atoms with E-state index in [0.717, 1.165) is 35.8 Å². The van der Waals surface area contributed by atoms with Gasteiger partial charge in [0.1, 0.15) is 12.7 Å². The third-order valence-electron chi connectivity index (χ3n) is 3.35. The van der Waals surface area contributed by atoms with Gasteiger partial charge in [0.25, 0.3) is 0 Å². The van der Waals surface area contributed by atoms with Crippen molar-refractivity contribution in [2.24, 2.45) is 10.7 Å². The topological polar surface area (TPSA) is 72.3 Å². The van der Waals surface area contributed by atoms with E-state index in [1.165, 1.54) is 6.33 Å². The van der Waals surface area contributed by atoms with Crippen LogP contribution in [0.25, 0.3) is 5.69 Å². The number of nitrogens with two attached hydrogens (primary N) is 1. The molecular formula is C14H18N6S. The first-order valence-electron chi connectivity index (χ1n) is 6.89. The van der Waals surface area contributed by atoms with Gasteiger partial charge in [0.15, 0.2) is 5.96 Å². The van der Waals surface area contributed by atoms with Gasteiger partial charge in [0, 0.05) is 24.6 Å². The molecular weight excluding hydrogens is 284 g/mol. The minimum atomic E-state index is 0.581. The molecule has 21 heavy (non-hydrogen) atoms. The van der Waals surface area contributed by atoms with Gasteiger partial charge >= 0.3 is 0 Å². The summed E-state index contributed by atoms with van der Waals surface area (Å²) in [5, 5.41) is 4.13. The summed E-state index contributed by atoms with van der Waals surface area (Å²) in [4.78, 5) is 10.6. The highest BCUT2D eigenvalue weighted by Gasteiger charge is 2.11. The Bertz CT molecular complexity index is 604. The molecule has 0 amide bonds. The average molecular weight is 302 g/mol. The van der Waals surface area contributed by atoms with Crippen molar-refractivity contribution in [1.82, 2.24) is 19.7 Å². The Morgan fingerprint density at radius 3 is 2.95 bits per heavy atom. The summed E-state index contributed by atoms with van der Waals surface area (Å²) >= 11 is 1.96. The Balaban J connectivity index is 1.68. The zero-order valence-corrected chi connectivity index (χ0v) is 12.5. The van der Waals surface area contributed by atoms with E-state index in [-0.39, 0.29) is 0 Å². The molecule has 1 aliphatic rings. The van der Waals surface area contributed by atoms with Crippen LogP contribution in [0.15, 0.2) is 41.9 Å². The van der Waals surface area contributed by atoms with Gasteiger partial charge < -0.3 is 10.6 Å². The van der Waals surface area contributed by atoms with Crippen molar-refractivity contribution >= 4 is 17.7 Å². The summed E-state index contributed by atoms with van der Waals surface area (Å²) in [6.07, 6.45) is 3.21. The van der Waals surface area contributed by atoms with Gasteiger partial charge in [-0.25, -0.2) is 14.7 Å². The molecule has 0 aliphatic carbocycles. The van der Waals surface area contributed by atoms with E-state index in [1.807, 2.05) is 30.0 Å². The second kappa shape index (κ2) is 6.62. The Hall–Kier alpha value is -2.02. The molecule has 1 saturated heterocycles. The van der Waals surface area contributed by atoms with Crippen molar-refractivity contribution in [3.8, 4) is 5.69 Å². The normalized spacial score (nSPS) is 16.2. The maximum absolute atomic E-state index is 6.07. The molecule has 2 N–H and O–H groups in total. The van der Waals surface area contributed by atoms with E-state index in [1.54, 1.807) is 11.0 Å². The molecule has 0 spiro atoms. The molecule has 1 aromatic heterocycles. The van der Waals surface area contributed by atoms with Crippen molar-refractivity contribution in [2.75, 3.05) is 24.6 Å². The number of hydrogen-bond donors (Lipinski definition) is 1. The second-order valence-electron chi connectivity index (χ2n) is 4.78. The van der Waals surface area contributed by atoms with Crippen molar-refractivity contribution in [1.29, 1.82) is 0 Å². The van der Waals surface area contributed by atoms with Crippen molar-refractivity contribution in [3.05, 3.63) is 42.5 Å². The maximum atomic E-state index is 6.07. The van der Waals surface area contributed by atoms with Crippen LogP contribution < -0.4 is 5.73 Å². The van der Waals surface area contributed by atoms with Gasteiger partial charge in [-0.3, -0.25) is 0 Å². The molecule has 0 unspecified atom stereocenters. The third kappa shape index (κ3) is 3.55. The Labute approximate surface area is 128 Å². The first-order valence-corrected chi connectivity index (χ1v) is 8.05. The number of benzene rings is 1. The molecule has 0 saturated carbocycles. The molecule has 2 aromatic rings. The highest BCUT2D eigenvalue weighted by Crippen LogP contribution is 2.11. The molecule has 2 heterocycles. The largest absolute Gasteiger partial charge is 0.370 e. The number of nitrogens with zero attached hydrogens (tertiary/aromatic N) is 5. The van der Waals surface area contributed by atoms with Crippen LogP contribution in [0.5, 0.6) is 0 Å². The smallest absolute Gasteiger partial charge is 0.191 e. The van der Waals surface area contributed by atoms with Gasteiger partial charge in [-0.2, -0.15) is 16.9 Å². The zero-order chi connectivity index (χ0) is 14.5. The third-order valence-corrected chi connectivity index (χ3v) is 4.30. The van der Waals surface area contributed by atoms with Crippen LogP contribution in [-0.2, 0) is 6.54 Å². The number of aromatic nitrogens is 3. The lowest BCUT2D eigenvalue weighted by atomic mass is 10.2. The number of rotatable bonds is 3. The van der Waals surface area contributed by atoms with Crippen molar-refractivity contribution in [3.63, 3.8) is 0 Å². The van der Waals surface area contributed by atoms with E-state index in [4.69, 9.17) is 5.73 Å². The standard InChI is InChI=1S/C14H18N6S/c15-14(19-4-6-21-7-5-19)17-9-12-2-1-3-13(8-12)20-11-16-10-18-20/h1-3,8,10-11H,4-7,9H2,(H2,15,17). The molecule has 0 atom stereocenters. The molecule has 0 bridgehead atoms. The van der Waals surface area contributed by atoms with Crippen LogP contribution in [0.4, 0.5) is 0 Å². The Kier molecular flexibility index (Phi) is 4.40. The van der Waals surface area contributed by atoms with Gasteiger partial charge in [-0.05, 0) is 17.7 Å². The first kappa shape index (κ1) is 13.9. The first-order chi connectivity index (χ1) is 10.3. The molecule has 0 radical (unpaired) electrons. The van der Waals surface area contributed by atoms with E-state index in [9.17, 15) is 0 Å². The van der Waals surface area contributed by atoms with Gasteiger partial charge in [0.2, 0.25) is 0 Å². The molecule has 1 fully saturated rings. The van der Waals surface area contributed by atoms with Crippen molar-refractivity contribution in [2.45, 2.75) is 6.54 Å². The van der Waals surface area contributed by atoms with Crippen LogP contribution in [0.2, 0.25) is 0 Å². The van der Waals surface area contributed by atoms with E-state index >= 15 is 0 Å². The fraction of sp³-hybridized carbons (Fsp3) is 0.357. The molecule has 1 aliphatic heterocycles. The molecule has 7 heteroatoms. The summed E-state index contributed by atoms with van der Waals surface area (Å²) in [6.45, 7) is 2.55. The van der Waals surface area contributed by atoms with E-state index < -0.39 is 0 Å². The number of thioether (sulfide) groups is 1. The number of hydrogen-bond acceptors (Lipinski definition) is 4. The van der Waals surface area contributed by atoms with Crippen LogP contribution in [0.1, 0.15) is 5.56 Å². The SMILES string of the molecule is NC(=NCc1cccc(-n2cncn2)c1)N1CCSCC1. The van der Waals surface area contributed by atoms with Gasteiger partial charge in [-0.15, -0.1) is 0 Å². The minimum absolute atomic E-state index is 0.581. The highest BCUT2D eigenvalue weighted by molar-refractivity contribution is 7.99. The van der Waals surface area contributed by atoms with Crippen LogP contribution >= 0.6 is 11.8 Å². The monoisotopic (exact) mass is 302 g/mol. The predicted octanol–water partition coefficient (Wildman–Crippen LogP) is 1.13. The highest BCUT2D eigenvalue weighted by atomic mass is 32.2. The zero-order valence-electron chi connectivity index (χ0n) is 11.7. The Morgan fingerprint density at radius 1 is 1.33 bits per heavy atom. The van der Waals surface area contributed by atoms with Crippen LogP contribution in [0.3, 0.4) is 0 Å². The number of guanidine groups is 1. The summed E-state index contributed by atoms with van der Waals surface area (Å²) in [7, 11) is 0. The average Bonchev–Trinajstić information content (AvgIpc) is 3.08. The molecule has 6 nitrogen and oxygen atoms in total. The van der Waals surface area contributed by atoms with Crippen LogP contribution in [0, 0.1) is 0 Å². The number of aliphatic imine (C=N–C) groups is 1. The van der Waals surface area contributed by atoms with Gasteiger partial charge in [0.05, 0.1) is 12.2 Å². The van der Waals surface area contributed by atoms with Gasteiger partial charge in [-0.1, -0.05) is 12.1 Å². The summed E-state index contributed by atoms with van der Waals surface area (Å²) in [6, 6.07) is 8.09. The summed E-state index contributed by atoms with van der Waals surface area (Å²) in [5.74, 6) is 2.89. The van der Waals surface area contributed by atoms with E-state index in [2.05, 4.69) is 26.0 Å². The summed E-state index contributed by atoms with van der Waals surface area (Å²) < 4.78 is 1.73. The summed E-state index contributed by atoms with van der Waals surface area (Å²) in [5.41, 5.74) is 8.16. The Morgan fingerprint density at radius 2 is 2.19 bits per heavy atom. The second-order valence-corrected chi connectivity index (χ2v) is 6.01. The minimum Gasteiger partial charge on any atom is -0.370 e. The fourth-order valence-electron chi connectivity index (χ4n) is 2.20. The maximum Gasteiger partial charge on any atom is 0.191 e. The lowest BCUT2D eigenvalue weighted by Gasteiger charge is -2.27. The lowest BCUT2D eigenvalue weighted by molar-refractivity contribution is 0.455. The molecule has 1 aromatic carbocycles. The fourth-order valence-corrected chi connectivity index (χ4v) is 3.11. The van der Waals surface area contributed by atoms with Crippen molar-refractivity contribution < 1.29 is 0 Å². The molecule has 110 valence electrons. The van der Waals surface area contributed by atoms with Crippen LogP contribution in [-0.4, -0.2) is 50.2 Å². The predicted molar refractivity (Wildman–Crippen MR) is 85.6 cm³/mol. The van der Waals surface area contributed by atoms with E-state index in [0.29, 0.717) is 12.5 Å². The molecule has 3 rings (SSSR count).